The first-order valence-electron chi connectivity index (χ1n) is 11.0. The molecule has 4 rings (SSSR count). The number of aryl methyl sites for hydroxylation is 1. The number of fused-ring (bicyclic) bond motifs is 1. The van der Waals surface area contributed by atoms with Gasteiger partial charge in [-0.25, -0.2) is 4.98 Å². The minimum atomic E-state index is -0.184. The normalized spacial score (nSPS) is 18.7. The molecule has 2 fully saturated rings. The lowest BCUT2D eigenvalue weighted by molar-refractivity contribution is -0.142. The van der Waals surface area contributed by atoms with Gasteiger partial charge in [0.05, 0.1) is 10.9 Å². The fraction of sp³-hybridized carbons (Fsp3) is 0.565. The molecule has 0 N–H and O–H groups in total. The molecule has 2 aliphatic heterocycles. The van der Waals surface area contributed by atoms with E-state index < -0.39 is 0 Å². The summed E-state index contributed by atoms with van der Waals surface area (Å²) in [6, 6.07) is 7.20. The van der Waals surface area contributed by atoms with Gasteiger partial charge in [-0.3, -0.25) is 19.0 Å². The van der Waals surface area contributed by atoms with E-state index in [1.165, 1.54) is 4.57 Å². The van der Waals surface area contributed by atoms with E-state index in [2.05, 4.69) is 11.9 Å². The molecule has 0 atom stereocenters. The second-order valence-electron chi connectivity index (χ2n) is 8.73. The number of rotatable bonds is 3. The van der Waals surface area contributed by atoms with Crippen molar-refractivity contribution in [2.24, 2.45) is 11.8 Å². The quantitative estimate of drug-likeness (QED) is 0.777. The molecular formula is C23H30N4O3. The van der Waals surface area contributed by atoms with Crippen LogP contribution in [0.25, 0.3) is 10.9 Å². The summed E-state index contributed by atoms with van der Waals surface area (Å²) < 4.78 is 1.46. The number of amides is 2. The smallest absolute Gasteiger partial charge is 0.261 e. The lowest BCUT2D eigenvalue weighted by Crippen LogP contribution is -2.47. The molecule has 1 aromatic carbocycles. The number of hydrogen-bond donors (Lipinski definition) is 0. The van der Waals surface area contributed by atoms with Crippen molar-refractivity contribution in [3.63, 3.8) is 0 Å². The number of para-hydroxylation sites is 1. The van der Waals surface area contributed by atoms with Gasteiger partial charge >= 0.3 is 0 Å². The zero-order chi connectivity index (χ0) is 21.3. The number of hydrogen-bond acceptors (Lipinski definition) is 4. The monoisotopic (exact) mass is 410 g/mol. The highest BCUT2D eigenvalue weighted by molar-refractivity contribution is 5.81. The fourth-order valence-electron chi connectivity index (χ4n) is 4.56. The Morgan fingerprint density at radius 2 is 1.63 bits per heavy atom. The van der Waals surface area contributed by atoms with Gasteiger partial charge in [0.15, 0.2) is 0 Å². The Bertz CT molecular complexity index is 999. The molecule has 7 nitrogen and oxygen atoms in total. The Hall–Kier alpha value is -2.70. The number of benzene rings is 1. The van der Waals surface area contributed by atoms with Crippen LogP contribution >= 0.6 is 0 Å². The van der Waals surface area contributed by atoms with Crippen LogP contribution in [0.3, 0.4) is 0 Å². The van der Waals surface area contributed by atoms with Crippen molar-refractivity contribution in [3.8, 4) is 0 Å². The number of piperidine rings is 2. The maximum absolute atomic E-state index is 12.9. The maximum atomic E-state index is 12.9. The Morgan fingerprint density at radius 3 is 2.33 bits per heavy atom. The molecule has 2 saturated heterocycles. The first-order valence-corrected chi connectivity index (χ1v) is 11.0. The summed E-state index contributed by atoms with van der Waals surface area (Å²) in [6.07, 6.45) is 3.55. The van der Waals surface area contributed by atoms with Crippen LogP contribution in [0.5, 0.6) is 0 Å². The van der Waals surface area contributed by atoms with Crippen molar-refractivity contribution >= 4 is 22.7 Å². The highest BCUT2D eigenvalue weighted by atomic mass is 16.2. The summed E-state index contributed by atoms with van der Waals surface area (Å²) in [7, 11) is 0. The van der Waals surface area contributed by atoms with E-state index in [1.54, 1.807) is 30.0 Å². The third-order valence-electron chi connectivity index (χ3n) is 6.64. The van der Waals surface area contributed by atoms with Crippen LogP contribution < -0.4 is 5.56 Å². The zero-order valence-corrected chi connectivity index (χ0v) is 17.8. The predicted molar refractivity (Wildman–Crippen MR) is 115 cm³/mol. The number of carbonyl (C=O) groups is 2. The van der Waals surface area contributed by atoms with Crippen LogP contribution in [0.2, 0.25) is 0 Å². The Labute approximate surface area is 176 Å². The first kappa shape index (κ1) is 20.6. The molecule has 0 unspecified atom stereocenters. The summed E-state index contributed by atoms with van der Waals surface area (Å²) in [5.74, 6) is 1.41. The van der Waals surface area contributed by atoms with Gasteiger partial charge in [0.25, 0.3) is 5.56 Å². The van der Waals surface area contributed by atoms with E-state index in [-0.39, 0.29) is 29.8 Å². The Morgan fingerprint density at radius 1 is 1.00 bits per heavy atom. The van der Waals surface area contributed by atoms with E-state index in [0.29, 0.717) is 48.6 Å². The van der Waals surface area contributed by atoms with Gasteiger partial charge in [0, 0.05) is 32.1 Å². The lowest BCUT2D eigenvalue weighted by Gasteiger charge is -2.36. The number of carbonyl (C=O) groups excluding carboxylic acids is 2. The van der Waals surface area contributed by atoms with Crippen molar-refractivity contribution in [3.05, 3.63) is 40.4 Å². The molecule has 160 valence electrons. The highest BCUT2D eigenvalue weighted by Gasteiger charge is 2.31. The van der Waals surface area contributed by atoms with Gasteiger partial charge in [-0.05, 0) is 50.7 Å². The van der Waals surface area contributed by atoms with Crippen molar-refractivity contribution < 1.29 is 9.59 Å². The standard InChI is InChI=1S/C23H30N4O3/c1-16-7-11-26(12-8-16)22(29)18-9-13-25(14-10-18)21(28)15-27-17(2)24-20-6-4-3-5-19(20)23(27)30/h3-6,16,18H,7-15H2,1-2H3. The average Bonchev–Trinajstić information content (AvgIpc) is 2.76. The van der Waals surface area contributed by atoms with Gasteiger partial charge in [-0.1, -0.05) is 19.1 Å². The highest BCUT2D eigenvalue weighted by Crippen LogP contribution is 2.23. The van der Waals surface area contributed by atoms with Crippen LogP contribution in [0.4, 0.5) is 0 Å². The average molecular weight is 411 g/mol. The van der Waals surface area contributed by atoms with Gasteiger partial charge < -0.3 is 9.80 Å². The fourth-order valence-corrected chi connectivity index (χ4v) is 4.56. The predicted octanol–water partition coefficient (Wildman–Crippen LogP) is 2.20. The Kier molecular flexibility index (Phi) is 5.88. The summed E-state index contributed by atoms with van der Waals surface area (Å²) >= 11 is 0. The zero-order valence-electron chi connectivity index (χ0n) is 17.8. The summed E-state index contributed by atoms with van der Waals surface area (Å²) in [5, 5.41) is 0.524. The molecule has 1 aromatic heterocycles. The van der Waals surface area contributed by atoms with Crippen LogP contribution in [-0.2, 0) is 16.1 Å². The van der Waals surface area contributed by atoms with Crippen molar-refractivity contribution in [1.29, 1.82) is 0 Å². The third kappa shape index (κ3) is 4.11. The molecule has 0 aliphatic carbocycles. The SMILES string of the molecule is Cc1nc2ccccc2c(=O)n1CC(=O)N1CCC(C(=O)N2CCC(C)CC2)CC1. The minimum Gasteiger partial charge on any atom is -0.342 e. The lowest BCUT2D eigenvalue weighted by atomic mass is 9.92. The van der Waals surface area contributed by atoms with Gasteiger partial charge in [0.1, 0.15) is 12.4 Å². The Balaban J connectivity index is 1.38. The van der Waals surface area contributed by atoms with Gasteiger partial charge in [0.2, 0.25) is 11.8 Å². The van der Waals surface area contributed by atoms with Crippen molar-refractivity contribution in [2.45, 2.75) is 46.1 Å². The van der Waals surface area contributed by atoms with Crippen LogP contribution in [0.15, 0.2) is 29.1 Å². The van der Waals surface area contributed by atoms with Crippen molar-refractivity contribution in [1.82, 2.24) is 19.4 Å². The largest absolute Gasteiger partial charge is 0.342 e. The maximum Gasteiger partial charge on any atom is 0.261 e. The van der Waals surface area contributed by atoms with Crippen LogP contribution in [0.1, 0.15) is 38.4 Å². The summed E-state index contributed by atoms with van der Waals surface area (Å²) in [5.41, 5.74) is 0.464. The topological polar surface area (TPSA) is 75.5 Å². The molecule has 2 aliphatic rings. The number of nitrogens with zero attached hydrogens (tertiary/aromatic N) is 4. The van der Waals surface area contributed by atoms with E-state index in [9.17, 15) is 14.4 Å². The van der Waals surface area contributed by atoms with E-state index in [1.807, 2.05) is 11.0 Å². The van der Waals surface area contributed by atoms with Crippen LogP contribution in [0, 0.1) is 18.8 Å². The molecule has 7 heteroatoms. The van der Waals surface area contributed by atoms with E-state index in [0.717, 1.165) is 25.9 Å². The third-order valence-corrected chi connectivity index (χ3v) is 6.64. The second kappa shape index (κ2) is 8.58. The van der Waals surface area contributed by atoms with Gasteiger partial charge in [-0.15, -0.1) is 0 Å². The summed E-state index contributed by atoms with van der Waals surface area (Å²) in [6.45, 7) is 6.83. The van der Waals surface area contributed by atoms with Gasteiger partial charge in [-0.2, -0.15) is 0 Å². The first-order chi connectivity index (χ1) is 14.4. The molecule has 0 radical (unpaired) electrons. The molecule has 0 spiro atoms. The van der Waals surface area contributed by atoms with E-state index >= 15 is 0 Å². The molecule has 0 saturated carbocycles. The van der Waals surface area contributed by atoms with Crippen LogP contribution in [-0.4, -0.2) is 57.3 Å². The minimum absolute atomic E-state index is 0.00857. The molecule has 30 heavy (non-hydrogen) atoms. The molecule has 0 bridgehead atoms. The molecular weight excluding hydrogens is 380 g/mol. The number of likely N-dealkylation sites (tertiary alicyclic amines) is 2. The van der Waals surface area contributed by atoms with E-state index in [4.69, 9.17) is 0 Å². The molecule has 3 heterocycles. The molecule has 2 amide bonds. The molecule has 2 aromatic rings. The summed E-state index contributed by atoms with van der Waals surface area (Å²) in [4.78, 5) is 46.7. The van der Waals surface area contributed by atoms with Crippen molar-refractivity contribution in [2.75, 3.05) is 26.2 Å². The number of aromatic nitrogens is 2. The second-order valence-corrected chi connectivity index (χ2v) is 8.73.